The number of nitrogens with two attached hydrogens (primary N) is 1. The van der Waals surface area contributed by atoms with Gasteiger partial charge in [0.15, 0.2) is 15.6 Å². The highest BCUT2D eigenvalue weighted by Crippen LogP contribution is 2.41. The average Bonchev–Trinajstić information content (AvgIpc) is 3.08. The van der Waals surface area contributed by atoms with Crippen molar-refractivity contribution in [3.63, 3.8) is 0 Å². The molecule has 0 saturated heterocycles. The number of nitrogens with zero attached hydrogens (tertiary/aromatic N) is 1. The van der Waals surface area contributed by atoms with Crippen LogP contribution in [0.3, 0.4) is 0 Å². The van der Waals surface area contributed by atoms with Gasteiger partial charge < -0.3 is 5.73 Å². The van der Waals surface area contributed by atoms with Crippen LogP contribution in [0.25, 0.3) is 0 Å². The third-order valence-electron chi connectivity index (χ3n) is 3.68. The Morgan fingerprint density at radius 1 is 1.24 bits per heavy atom. The van der Waals surface area contributed by atoms with Crippen LogP contribution < -0.4 is 10.6 Å². The molecule has 0 aliphatic carbocycles. The molecule has 1 aliphatic rings. The van der Waals surface area contributed by atoms with Crippen LogP contribution in [0, 0.1) is 0 Å². The van der Waals surface area contributed by atoms with Crippen molar-refractivity contribution in [2.24, 2.45) is 5.73 Å². The summed E-state index contributed by atoms with van der Waals surface area (Å²) in [6, 6.07) is 5.97. The van der Waals surface area contributed by atoms with E-state index in [1.165, 1.54) is 30.3 Å². The van der Waals surface area contributed by atoms with E-state index in [4.69, 9.17) is 17.3 Å². The molecule has 0 radical (unpaired) electrons. The minimum atomic E-state index is -3.47. The Labute approximate surface area is 151 Å². The first-order chi connectivity index (χ1) is 11.6. The van der Waals surface area contributed by atoms with Crippen LogP contribution in [-0.2, 0) is 14.6 Å². The molecule has 1 aromatic heterocycles. The van der Waals surface area contributed by atoms with Gasteiger partial charge in [-0.1, -0.05) is 11.6 Å². The van der Waals surface area contributed by atoms with Gasteiger partial charge in [-0.15, -0.1) is 11.3 Å². The average molecular weight is 399 g/mol. The van der Waals surface area contributed by atoms with Crippen molar-refractivity contribution >= 4 is 56.2 Å². The van der Waals surface area contributed by atoms with Crippen LogP contribution in [0.5, 0.6) is 0 Å². The summed E-state index contributed by atoms with van der Waals surface area (Å²) in [6.07, 6.45) is 1.03. The lowest BCUT2D eigenvalue weighted by molar-refractivity contribution is -0.117. The number of Topliss-reactive ketones (excluding diaryl/α,β-unsaturated/α-hetero) is 1. The number of halogens is 1. The number of rotatable bonds is 3. The zero-order chi connectivity index (χ0) is 18.5. The number of fused-ring (bicyclic) bond motifs is 1. The van der Waals surface area contributed by atoms with Crippen LogP contribution in [-0.4, -0.2) is 32.4 Å². The minimum Gasteiger partial charge on any atom is -0.351 e. The number of carbonyl (C=O) groups excluding carboxylic acids is 3. The smallest absolute Gasteiger partial charge is 0.326 e. The van der Waals surface area contributed by atoms with E-state index in [1.54, 1.807) is 0 Å². The maximum atomic E-state index is 12.8. The lowest BCUT2D eigenvalue weighted by Gasteiger charge is -2.12. The Balaban J connectivity index is 2.09. The summed E-state index contributed by atoms with van der Waals surface area (Å²) in [5.41, 5.74) is 5.70. The normalized spacial score (nSPS) is 16.8. The van der Waals surface area contributed by atoms with Crippen LogP contribution in [0.2, 0.25) is 5.02 Å². The van der Waals surface area contributed by atoms with E-state index in [9.17, 15) is 22.8 Å². The van der Waals surface area contributed by atoms with Crippen LogP contribution in [0.1, 0.15) is 21.2 Å². The minimum absolute atomic E-state index is 0.0133. The van der Waals surface area contributed by atoms with E-state index in [1.807, 2.05) is 0 Å². The molecule has 0 saturated carbocycles. The topological polar surface area (TPSA) is 115 Å². The number of urea groups is 1. The summed E-state index contributed by atoms with van der Waals surface area (Å²) in [6.45, 7) is 0. The molecule has 2 N–H and O–H groups in total. The van der Waals surface area contributed by atoms with E-state index in [2.05, 4.69) is 0 Å². The number of benzene rings is 1. The monoisotopic (exact) mass is 398 g/mol. The van der Waals surface area contributed by atoms with Crippen molar-refractivity contribution in [2.45, 2.75) is 10.1 Å². The third kappa shape index (κ3) is 2.94. The maximum Gasteiger partial charge on any atom is 0.326 e. The molecule has 25 heavy (non-hydrogen) atoms. The zero-order valence-corrected chi connectivity index (χ0v) is 15.1. The van der Waals surface area contributed by atoms with Gasteiger partial charge in [0, 0.05) is 11.3 Å². The molecule has 1 aliphatic heterocycles. The molecule has 7 nitrogen and oxygen atoms in total. The molecule has 2 heterocycles. The van der Waals surface area contributed by atoms with Crippen LogP contribution in [0.4, 0.5) is 10.5 Å². The van der Waals surface area contributed by atoms with Crippen molar-refractivity contribution in [1.29, 1.82) is 0 Å². The third-order valence-corrected chi connectivity index (χ3v) is 6.84. The molecule has 3 amide bonds. The van der Waals surface area contributed by atoms with Gasteiger partial charge in [-0.05, 0) is 35.9 Å². The van der Waals surface area contributed by atoms with Crippen molar-refractivity contribution in [3.8, 4) is 0 Å². The largest absolute Gasteiger partial charge is 0.351 e. The van der Waals surface area contributed by atoms with E-state index in [-0.39, 0.29) is 20.3 Å². The highest BCUT2D eigenvalue weighted by atomic mass is 35.5. The second-order valence-electron chi connectivity index (χ2n) is 5.40. The molecule has 3 rings (SSSR count). The second-order valence-corrected chi connectivity index (χ2v) is 9.17. The predicted octanol–water partition coefficient (Wildman–Crippen LogP) is 2.20. The van der Waals surface area contributed by atoms with Crippen molar-refractivity contribution < 1.29 is 22.8 Å². The fourth-order valence-electron chi connectivity index (χ4n) is 2.62. The van der Waals surface area contributed by atoms with Gasteiger partial charge in [-0.25, -0.2) is 18.1 Å². The molecule has 1 atom stereocenters. The Morgan fingerprint density at radius 3 is 2.48 bits per heavy atom. The summed E-state index contributed by atoms with van der Waals surface area (Å²) in [4.78, 5) is 37.8. The predicted molar refractivity (Wildman–Crippen MR) is 93.0 cm³/mol. The number of carbonyl (C=O) groups is 3. The van der Waals surface area contributed by atoms with Crippen molar-refractivity contribution in [3.05, 3.63) is 45.8 Å². The number of hydrogen-bond donors (Lipinski definition) is 1. The second kappa shape index (κ2) is 5.94. The lowest BCUT2D eigenvalue weighted by atomic mass is 9.95. The summed E-state index contributed by atoms with van der Waals surface area (Å²) < 4.78 is 23.2. The first kappa shape index (κ1) is 17.6. The fraction of sp³-hybridized carbons (Fsp3) is 0.133. The van der Waals surface area contributed by atoms with E-state index >= 15 is 0 Å². The molecule has 1 unspecified atom stereocenters. The Bertz CT molecular complexity index is 1030. The highest BCUT2D eigenvalue weighted by Gasteiger charge is 2.44. The molecular weight excluding hydrogens is 388 g/mol. The van der Waals surface area contributed by atoms with Gasteiger partial charge >= 0.3 is 6.03 Å². The van der Waals surface area contributed by atoms with Crippen molar-refractivity contribution in [2.75, 3.05) is 11.2 Å². The number of hydrogen-bond acceptors (Lipinski definition) is 6. The zero-order valence-electron chi connectivity index (χ0n) is 12.7. The summed E-state index contributed by atoms with van der Waals surface area (Å²) in [5, 5.41) is 0.290. The Morgan fingerprint density at radius 2 is 1.92 bits per heavy atom. The molecule has 130 valence electrons. The summed E-state index contributed by atoms with van der Waals surface area (Å²) >= 11 is 6.71. The molecule has 10 heteroatoms. The van der Waals surface area contributed by atoms with Gasteiger partial charge in [-0.3, -0.25) is 9.59 Å². The van der Waals surface area contributed by atoms with E-state index in [0.717, 1.165) is 22.5 Å². The summed E-state index contributed by atoms with van der Waals surface area (Å²) in [5.74, 6) is -2.70. The molecule has 0 spiro atoms. The number of sulfone groups is 1. The van der Waals surface area contributed by atoms with Gasteiger partial charge in [-0.2, -0.15) is 0 Å². The van der Waals surface area contributed by atoms with Gasteiger partial charge in [0.1, 0.15) is 10.1 Å². The number of thiophene rings is 1. The number of amides is 3. The molecule has 2 aromatic rings. The van der Waals surface area contributed by atoms with E-state index in [0.29, 0.717) is 5.02 Å². The number of primary amides is 1. The van der Waals surface area contributed by atoms with Gasteiger partial charge in [0.25, 0.3) is 5.91 Å². The Kier molecular flexibility index (Phi) is 4.18. The number of imide groups is 1. The Hall–Kier alpha value is -2.23. The molecule has 1 aromatic carbocycles. The number of ketones is 1. The molecular formula is C15H11ClN2O5S2. The first-order valence-corrected chi connectivity index (χ1v) is 9.97. The van der Waals surface area contributed by atoms with Gasteiger partial charge in [0.2, 0.25) is 0 Å². The molecule has 0 fully saturated rings. The maximum absolute atomic E-state index is 12.8. The lowest BCUT2D eigenvalue weighted by Crippen LogP contribution is -2.40. The highest BCUT2D eigenvalue weighted by molar-refractivity contribution is 7.92. The van der Waals surface area contributed by atoms with Gasteiger partial charge in [0.05, 0.1) is 10.6 Å². The van der Waals surface area contributed by atoms with Crippen LogP contribution >= 0.6 is 22.9 Å². The fourth-order valence-corrected chi connectivity index (χ4v) is 4.69. The SMILES string of the molecule is CS(=O)(=O)c1ccc(C(=O)C2C(=O)N(C(N)=O)c3ccc(Cl)cc32)s1. The van der Waals surface area contributed by atoms with E-state index < -0.39 is 33.5 Å². The summed E-state index contributed by atoms with van der Waals surface area (Å²) in [7, 11) is -3.47. The molecule has 0 bridgehead atoms. The quantitative estimate of drug-likeness (QED) is 0.628. The van der Waals surface area contributed by atoms with Crippen LogP contribution in [0.15, 0.2) is 34.5 Å². The first-order valence-electron chi connectivity index (χ1n) is 6.88. The standard InChI is InChI=1S/C15H11ClN2O5S2/c1-25(22,23)11-5-4-10(24-11)13(19)12-8-6-7(16)2-3-9(8)18(14(12)20)15(17)21/h2-6,12H,1H3,(H2,17,21). The number of anilines is 1. The van der Waals surface area contributed by atoms with Crippen molar-refractivity contribution in [1.82, 2.24) is 0 Å².